The molecule has 1 heterocycles. The third-order valence-electron chi connectivity index (χ3n) is 5.12. The molecule has 150 valence electrons. The van der Waals surface area contributed by atoms with Crippen LogP contribution in [0, 0.1) is 13.8 Å². The third kappa shape index (κ3) is 3.99. The summed E-state index contributed by atoms with van der Waals surface area (Å²) in [5.74, 6) is 0.00985. The topological polar surface area (TPSA) is 75.7 Å². The van der Waals surface area contributed by atoms with Crippen molar-refractivity contribution in [2.24, 2.45) is 0 Å². The Morgan fingerprint density at radius 2 is 1.93 bits per heavy atom. The number of anilines is 1. The number of nitrogens with zero attached hydrogens (tertiary/aromatic N) is 1. The monoisotopic (exact) mass is 402 g/mol. The number of para-hydroxylation sites is 2. The number of carbonyl (C=O) groups is 1. The third-order valence-corrected chi connectivity index (χ3v) is 6.86. The maximum atomic E-state index is 12.8. The molecule has 1 amide bonds. The molecule has 0 radical (unpaired) electrons. The molecule has 0 saturated carbocycles. The molecule has 0 spiro atoms. The zero-order valence-electron chi connectivity index (χ0n) is 16.6. The zero-order valence-corrected chi connectivity index (χ0v) is 17.4. The summed E-state index contributed by atoms with van der Waals surface area (Å²) in [4.78, 5) is 12.8. The molecule has 1 aliphatic heterocycles. The van der Waals surface area contributed by atoms with Gasteiger partial charge in [-0.15, -0.1) is 0 Å². The summed E-state index contributed by atoms with van der Waals surface area (Å²) in [6.07, 6.45) is -0.912. The quantitative estimate of drug-likeness (QED) is 0.834. The van der Waals surface area contributed by atoms with Gasteiger partial charge in [0.1, 0.15) is 5.75 Å². The van der Waals surface area contributed by atoms with Gasteiger partial charge in [0.25, 0.3) is 5.91 Å². The van der Waals surface area contributed by atoms with Crippen LogP contribution in [0.2, 0.25) is 0 Å². The Hall–Kier alpha value is -2.54. The first kappa shape index (κ1) is 20.2. The Labute approximate surface area is 166 Å². The minimum Gasteiger partial charge on any atom is -0.476 e. The molecule has 1 aliphatic rings. The van der Waals surface area contributed by atoms with E-state index < -0.39 is 16.1 Å². The molecule has 0 aromatic heterocycles. The molecule has 2 aromatic rings. The van der Waals surface area contributed by atoms with Crippen LogP contribution >= 0.6 is 0 Å². The van der Waals surface area contributed by atoms with E-state index >= 15 is 0 Å². The van der Waals surface area contributed by atoms with Gasteiger partial charge < -0.3 is 10.1 Å². The largest absolute Gasteiger partial charge is 0.476 e. The molecule has 2 aromatic carbocycles. The van der Waals surface area contributed by atoms with Gasteiger partial charge >= 0.3 is 0 Å². The zero-order chi connectivity index (χ0) is 20.5. The predicted molar refractivity (Wildman–Crippen MR) is 110 cm³/mol. The number of sulfonamides is 1. The maximum Gasteiger partial charge on any atom is 0.263 e. The van der Waals surface area contributed by atoms with Crippen molar-refractivity contribution < 1.29 is 17.9 Å². The highest BCUT2D eigenvalue weighted by molar-refractivity contribution is 7.92. The van der Waals surface area contributed by atoms with Gasteiger partial charge in [-0.2, -0.15) is 0 Å². The highest BCUT2D eigenvalue weighted by Gasteiger charge is 2.36. The number of aryl methyl sites for hydroxylation is 2. The lowest BCUT2D eigenvalue weighted by Gasteiger charge is -2.35. The van der Waals surface area contributed by atoms with Gasteiger partial charge in [0, 0.05) is 0 Å². The van der Waals surface area contributed by atoms with Crippen LogP contribution in [-0.2, 0) is 14.8 Å². The normalized spacial score (nSPS) is 17.4. The molecule has 2 atom stereocenters. The summed E-state index contributed by atoms with van der Waals surface area (Å²) < 4.78 is 32.2. The summed E-state index contributed by atoms with van der Waals surface area (Å²) in [6, 6.07) is 12.7. The van der Waals surface area contributed by atoms with Crippen molar-refractivity contribution in [3.05, 3.63) is 59.2 Å². The number of carbonyl (C=O) groups excluding carboxylic acids is 1. The number of hydrogen-bond acceptors (Lipinski definition) is 4. The van der Waals surface area contributed by atoms with Crippen LogP contribution in [0.4, 0.5) is 5.69 Å². The SMILES string of the molecule is CCS(=O)(=O)N1C[C@H](C(=O)N[C@H](C)c2ccc(C)c(C)c2)Oc2ccccc21. The van der Waals surface area contributed by atoms with Gasteiger partial charge in [-0.05, 0) is 56.5 Å². The minimum absolute atomic E-state index is 0.0430. The molecule has 0 aliphatic carbocycles. The molecular weight excluding hydrogens is 376 g/mol. The second-order valence-electron chi connectivity index (χ2n) is 7.08. The minimum atomic E-state index is -3.52. The fraction of sp³-hybridized carbons (Fsp3) is 0.381. The molecule has 0 unspecified atom stereocenters. The number of amides is 1. The van der Waals surface area contributed by atoms with E-state index in [1.807, 2.05) is 39.0 Å². The van der Waals surface area contributed by atoms with Crippen molar-refractivity contribution >= 4 is 21.6 Å². The number of hydrogen-bond donors (Lipinski definition) is 1. The first-order valence-corrected chi connectivity index (χ1v) is 11.0. The summed E-state index contributed by atoms with van der Waals surface area (Å²) in [5, 5.41) is 2.95. The van der Waals surface area contributed by atoms with Crippen molar-refractivity contribution in [2.45, 2.75) is 39.8 Å². The molecule has 3 rings (SSSR count). The Kier molecular flexibility index (Phi) is 5.65. The van der Waals surface area contributed by atoms with Crippen molar-refractivity contribution in [1.82, 2.24) is 5.32 Å². The highest BCUT2D eigenvalue weighted by atomic mass is 32.2. The first-order chi connectivity index (χ1) is 13.2. The van der Waals surface area contributed by atoms with E-state index in [0.29, 0.717) is 11.4 Å². The van der Waals surface area contributed by atoms with Crippen LogP contribution in [0.5, 0.6) is 5.75 Å². The van der Waals surface area contributed by atoms with E-state index in [-0.39, 0.29) is 24.2 Å². The smallest absolute Gasteiger partial charge is 0.263 e. The molecule has 0 bridgehead atoms. The van der Waals surface area contributed by atoms with Crippen LogP contribution in [0.25, 0.3) is 0 Å². The molecule has 1 N–H and O–H groups in total. The summed E-state index contributed by atoms with van der Waals surface area (Å²) in [5.41, 5.74) is 3.80. The number of benzene rings is 2. The molecule has 0 saturated heterocycles. The Morgan fingerprint density at radius 3 is 2.61 bits per heavy atom. The van der Waals surface area contributed by atoms with E-state index in [2.05, 4.69) is 5.32 Å². The van der Waals surface area contributed by atoms with E-state index in [0.717, 1.165) is 11.1 Å². The lowest BCUT2D eigenvalue weighted by Crippen LogP contribution is -2.51. The molecule has 6 nitrogen and oxygen atoms in total. The van der Waals surface area contributed by atoms with E-state index in [1.54, 1.807) is 31.2 Å². The number of nitrogens with one attached hydrogen (secondary N) is 1. The molecular formula is C21H26N2O4S. The van der Waals surface area contributed by atoms with Crippen LogP contribution in [-0.4, -0.2) is 32.7 Å². The van der Waals surface area contributed by atoms with Crippen LogP contribution in [0.1, 0.15) is 36.6 Å². The predicted octanol–water partition coefficient (Wildman–Crippen LogP) is 3.10. The Balaban J connectivity index is 1.81. The van der Waals surface area contributed by atoms with Crippen molar-refractivity contribution in [1.29, 1.82) is 0 Å². The van der Waals surface area contributed by atoms with Crippen LogP contribution in [0.3, 0.4) is 0 Å². The van der Waals surface area contributed by atoms with Gasteiger partial charge in [-0.3, -0.25) is 9.10 Å². The fourth-order valence-corrected chi connectivity index (χ4v) is 4.31. The standard InChI is InChI=1S/C21H26N2O4S/c1-5-28(25,26)23-13-20(27-19-9-7-6-8-18(19)23)21(24)22-16(4)17-11-10-14(2)15(3)12-17/h6-12,16,20H,5,13H2,1-4H3,(H,22,24)/t16-,20-/m1/s1. The molecule has 0 fully saturated rings. The number of rotatable bonds is 5. The lowest BCUT2D eigenvalue weighted by atomic mass is 10.0. The van der Waals surface area contributed by atoms with Crippen molar-refractivity contribution in [3.63, 3.8) is 0 Å². The summed E-state index contributed by atoms with van der Waals surface area (Å²) in [7, 11) is -3.52. The molecule has 28 heavy (non-hydrogen) atoms. The average molecular weight is 403 g/mol. The number of fused-ring (bicyclic) bond motifs is 1. The van der Waals surface area contributed by atoms with E-state index in [1.165, 1.54) is 9.87 Å². The first-order valence-electron chi connectivity index (χ1n) is 9.36. The molecule has 7 heteroatoms. The average Bonchev–Trinajstić information content (AvgIpc) is 2.68. The highest BCUT2D eigenvalue weighted by Crippen LogP contribution is 2.35. The van der Waals surface area contributed by atoms with E-state index in [4.69, 9.17) is 4.74 Å². The second-order valence-corrected chi connectivity index (χ2v) is 9.26. The Morgan fingerprint density at radius 1 is 1.21 bits per heavy atom. The van der Waals surface area contributed by atoms with E-state index in [9.17, 15) is 13.2 Å². The van der Waals surface area contributed by atoms with Gasteiger partial charge in [0.05, 0.1) is 24.0 Å². The van der Waals surface area contributed by atoms with Gasteiger partial charge in [-0.25, -0.2) is 8.42 Å². The van der Waals surface area contributed by atoms with Gasteiger partial charge in [0.2, 0.25) is 10.0 Å². The van der Waals surface area contributed by atoms with Crippen molar-refractivity contribution in [3.8, 4) is 5.75 Å². The maximum absolute atomic E-state index is 12.8. The van der Waals surface area contributed by atoms with Crippen LogP contribution < -0.4 is 14.4 Å². The van der Waals surface area contributed by atoms with Gasteiger partial charge in [-0.1, -0.05) is 30.3 Å². The second kappa shape index (κ2) is 7.83. The van der Waals surface area contributed by atoms with Crippen molar-refractivity contribution in [2.75, 3.05) is 16.6 Å². The summed E-state index contributed by atoms with van der Waals surface area (Å²) in [6.45, 7) is 7.52. The number of ether oxygens (including phenoxy) is 1. The lowest BCUT2D eigenvalue weighted by molar-refractivity contribution is -0.128. The van der Waals surface area contributed by atoms with Gasteiger partial charge in [0.15, 0.2) is 6.10 Å². The van der Waals surface area contributed by atoms with Crippen LogP contribution in [0.15, 0.2) is 42.5 Å². The fourth-order valence-electron chi connectivity index (χ4n) is 3.18. The summed E-state index contributed by atoms with van der Waals surface area (Å²) >= 11 is 0. The Bertz CT molecular complexity index is 988.